The number of pyridine rings is 1. The summed E-state index contributed by atoms with van der Waals surface area (Å²) in [5, 5.41) is 5.83. The number of amides is 1. The minimum atomic E-state index is -0.0707. The van der Waals surface area contributed by atoms with E-state index in [0.717, 1.165) is 24.6 Å². The Morgan fingerprint density at radius 3 is 2.61 bits per heavy atom. The van der Waals surface area contributed by atoms with Crippen molar-refractivity contribution in [3.8, 4) is 0 Å². The number of nitrogens with zero attached hydrogens (tertiary/aromatic N) is 2. The molecule has 0 unspecified atom stereocenters. The number of methoxy groups -OCH3 is 1. The molecule has 0 atom stereocenters. The standard InChI is InChI=1S/C15H24N4O2.2ClH/c1-21-10-7-16-12-15(20)18-13-5-6-14(17-11-13)19-8-3-2-4-9-19;;/h5-6,11,16H,2-4,7-10,12H2,1H3,(H,18,20);2*1H. The number of carbonyl (C=O) groups excluding carboxylic acids is 1. The zero-order valence-corrected chi connectivity index (χ0v) is 15.0. The van der Waals surface area contributed by atoms with Crippen molar-refractivity contribution in [2.45, 2.75) is 19.3 Å². The highest BCUT2D eigenvalue weighted by molar-refractivity contribution is 5.92. The molecule has 2 rings (SSSR count). The number of piperidine rings is 1. The second-order valence-corrected chi connectivity index (χ2v) is 5.17. The van der Waals surface area contributed by atoms with Gasteiger partial charge in [-0.25, -0.2) is 4.98 Å². The zero-order chi connectivity index (χ0) is 14.9. The number of ether oxygens (including phenoxy) is 1. The van der Waals surface area contributed by atoms with E-state index in [4.69, 9.17) is 4.74 Å². The highest BCUT2D eigenvalue weighted by Gasteiger charge is 2.11. The van der Waals surface area contributed by atoms with Gasteiger partial charge in [0.15, 0.2) is 0 Å². The van der Waals surface area contributed by atoms with E-state index in [1.807, 2.05) is 12.1 Å². The van der Waals surface area contributed by atoms with Gasteiger partial charge < -0.3 is 20.3 Å². The molecule has 1 aromatic rings. The predicted molar refractivity (Wildman–Crippen MR) is 98.2 cm³/mol. The van der Waals surface area contributed by atoms with Crippen molar-refractivity contribution in [3.63, 3.8) is 0 Å². The zero-order valence-electron chi connectivity index (χ0n) is 13.4. The maximum Gasteiger partial charge on any atom is 0.238 e. The van der Waals surface area contributed by atoms with E-state index in [2.05, 4.69) is 20.5 Å². The summed E-state index contributed by atoms with van der Waals surface area (Å²) in [6.45, 7) is 3.68. The fraction of sp³-hybridized carbons (Fsp3) is 0.600. The Balaban J connectivity index is 0.00000242. The lowest BCUT2D eigenvalue weighted by molar-refractivity contribution is -0.115. The molecule has 1 aliphatic heterocycles. The minimum absolute atomic E-state index is 0. The normalized spacial score (nSPS) is 13.7. The molecule has 23 heavy (non-hydrogen) atoms. The SMILES string of the molecule is COCCNCC(=O)Nc1ccc(N2CCCCC2)nc1.Cl.Cl. The molecule has 1 fully saturated rings. The first-order valence-corrected chi connectivity index (χ1v) is 7.50. The van der Waals surface area contributed by atoms with Gasteiger partial charge in [0, 0.05) is 26.7 Å². The molecule has 8 heteroatoms. The van der Waals surface area contributed by atoms with Gasteiger partial charge in [0.2, 0.25) is 5.91 Å². The summed E-state index contributed by atoms with van der Waals surface area (Å²) in [4.78, 5) is 18.4. The third-order valence-corrected chi connectivity index (χ3v) is 3.48. The van der Waals surface area contributed by atoms with Gasteiger partial charge in [-0.15, -0.1) is 24.8 Å². The summed E-state index contributed by atoms with van der Waals surface area (Å²) in [5.41, 5.74) is 0.731. The fourth-order valence-electron chi connectivity index (χ4n) is 2.35. The van der Waals surface area contributed by atoms with Crippen molar-refractivity contribution >= 4 is 42.2 Å². The van der Waals surface area contributed by atoms with Crippen LogP contribution < -0.4 is 15.5 Å². The van der Waals surface area contributed by atoms with Crippen LogP contribution in [0.15, 0.2) is 18.3 Å². The average molecular weight is 365 g/mol. The van der Waals surface area contributed by atoms with Gasteiger partial charge in [0.25, 0.3) is 0 Å². The number of aromatic nitrogens is 1. The van der Waals surface area contributed by atoms with Crippen molar-refractivity contribution in [3.05, 3.63) is 18.3 Å². The topological polar surface area (TPSA) is 66.5 Å². The average Bonchev–Trinajstić information content (AvgIpc) is 2.53. The molecule has 2 heterocycles. The van der Waals surface area contributed by atoms with E-state index in [-0.39, 0.29) is 37.3 Å². The first kappa shape index (κ1) is 21.9. The van der Waals surface area contributed by atoms with Gasteiger partial charge in [0.1, 0.15) is 5.82 Å². The maximum atomic E-state index is 11.7. The number of anilines is 2. The van der Waals surface area contributed by atoms with Crippen LogP contribution in [-0.2, 0) is 9.53 Å². The lowest BCUT2D eigenvalue weighted by Crippen LogP contribution is -2.31. The van der Waals surface area contributed by atoms with E-state index in [1.165, 1.54) is 19.3 Å². The third-order valence-electron chi connectivity index (χ3n) is 3.48. The quantitative estimate of drug-likeness (QED) is 0.725. The van der Waals surface area contributed by atoms with Crippen LogP contribution in [0.25, 0.3) is 0 Å². The summed E-state index contributed by atoms with van der Waals surface area (Å²) >= 11 is 0. The Bertz CT molecular complexity index is 440. The molecule has 1 aliphatic rings. The molecule has 0 aliphatic carbocycles. The van der Waals surface area contributed by atoms with E-state index < -0.39 is 0 Å². The third kappa shape index (κ3) is 7.83. The van der Waals surface area contributed by atoms with Gasteiger partial charge in [-0.05, 0) is 31.4 Å². The van der Waals surface area contributed by atoms with Crippen LogP contribution in [0.3, 0.4) is 0 Å². The Labute approximate surface area is 150 Å². The monoisotopic (exact) mass is 364 g/mol. The molecule has 1 amide bonds. The van der Waals surface area contributed by atoms with Gasteiger partial charge in [0.05, 0.1) is 25.0 Å². The lowest BCUT2D eigenvalue weighted by Gasteiger charge is -2.27. The van der Waals surface area contributed by atoms with Crippen molar-refractivity contribution in [1.29, 1.82) is 0 Å². The Hall–Kier alpha value is -1.08. The van der Waals surface area contributed by atoms with E-state index in [1.54, 1.807) is 13.3 Å². The maximum absolute atomic E-state index is 11.7. The molecule has 132 valence electrons. The van der Waals surface area contributed by atoms with Crippen LogP contribution in [0.5, 0.6) is 0 Å². The molecule has 0 saturated carbocycles. The van der Waals surface area contributed by atoms with Gasteiger partial charge in [-0.3, -0.25) is 4.79 Å². The highest BCUT2D eigenvalue weighted by Crippen LogP contribution is 2.18. The summed E-state index contributed by atoms with van der Waals surface area (Å²) in [6.07, 6.45) is 5.48. The molecule has 0 spiro atoms. The first-order valence-electron chi connectivity index (χ1n) is 7.50. The largest absolute Gasteiger partial charge is 0.383 e. The molecule has 0 radical (unpaired) electrons. The number of nitrogens with one attached hydrogen (secondary N) is 2. The van der Waals surface area contributed by atoms with Crippen LogP contribution in [0.1, 0.15) is 19.3 Å². The van der Waals surface area contributed by atoms with E-state index in [9.17, 15) is 4.79 Å². The van der Waals surface area contributed by atoms with Crippen molar-refractivity contribution < 1.29 is 9.53 Å². The first-order chi connectivity index (χ1) is 10.3. The Kier molecular flexibility index (Phi) is 11.8. The molecule has 2 N–H and O–H groups in total. The molecule has 6 nitrogen and oxygen atoms in total. The molecule has 0 bridgehead atoms. The Morgan fingerprint density at radius 1 is 1.26 bits per heavy atom. The van der Waals surface area contributed by atoms with Crippen LogP contribution in [0, 0.1) is 0 Å². The second kappa shape index (κ2) is 12.4. The molecular weight excluding hydrogens is 339 g/mol. The molecule has 1 aromatic heterocycles. The number of carbonyl (C=O) groups is 1. The molecule has 0 aromatic carbocycles. The van der Waals surface area contributed by atoms with Crippen molar-refractivity contribution in [1.82, 2.24) is 10.3 Å². The van der Waals surface area contributed by atoms with Gasteiger partial charge in [-0.2, -0.15) is 0 Å². The van der Waals surface area contributed by atoms with Crippen LogP contribution in [0.2, 0.25) is 0 Å². The number of rotatable bonds is 7. The number of hydrogen-bond donors (Lipinski definition) is 2. The van der Waals surface area contributed by atoms with E-state index >= 15 is 0 Å². The summed E-state index contributed by atoms with van der Waals surface area (Å²) in [5.74, 6) is 0.921. The summed E-state index contributed by atoms with van der Waals surface area (Å²) < 4.78 is 4.90. The Morgan fingerprint density at radius 2 is 2.00 bits per heavy atom. The second-order valence-electron chi connectivity index (χ2n) is 5.17. The summed E-state index contributed by atoms with van der Waals surface area (Å²) in [6, 6.07) is 3.88. The van der Waals surface area contributed by atoms with E-state index in [0.29, 0.717) is 13.2 Å². The molecule has 1 saturated heterocycles. The lowest BCUT2D eigenvalue weighted by atomic mass is 10.1. The van der Waals surface area contributed by atoms with Crippen LogP contribution in [0.4, 0.5) is 11.5 Å². The van der Waals surface area contributed by atoms with Crippen LogP contribution in [-0.4, -0.2) is 50.8 Å². The van der Waals surface area contributed by atoms with Gasteiger partial charge in [-0.1, -0.05) is 0 Å². The number of hydrogen-bond acceptors (Lipinski definition) is 5. The van der Waals surface area contributed by atoms with Crippen molar-refractivity contribution in [2.24, 2.45) is 0 Å². The smallest absolute Gasteiger partial charge is 0.238 e. The molecular formula is C15H26Cl2N4O2. The summed E-state index contributed by atoms with van der Waals surface area (Å²) in [7, 11) is 1.64. The fourth-order valence-corrected chi connectivity index (χ4v) is 2.35. The predicted octanol–water partition coefficient (Wildman–Crippen LogP) is 2.09. The number of halogens is 2. The van der Waals surface area contributed by atoms with Crippen LogP contribution >= 0.6 is 24.8 Å². The van der Waals surface area contributed by atoms with Crippen molar-refractivity contribution in [2.75, 3.05) is 50.1 Å². The highest BCUT2D eigenvalue weighted by atomic mass is 35.5. The minimum Gasteiger partial charge on any atom is -0.383 e. The van der Waals surface area contributed by atoms with Gasteiger partial charge >= 0.3 is 0 Å².